The second-order valence-corrected chi connectivity index (χ2v) is 6.30. The lowest BCUT2D eigenvalue weighted by atomic mass is 9.94. The summed E-state index contributed by atoms with van der Waals surface area (Å²) >= 11 is 0. The van der Waals surface area contributed by atoms with E-state index in [4.69, 9.17) is 4.74 Å². The van der Waals surface area contributed by atoms with Crippen LogP contribution in [0.25, 0.3) is 0 Å². The Balaban J connectivity index is 1.96. The number of rotatable bonds is 4. The second kappa shape index (κ2) is 7.65. The van der Waals surface area contributed by atoms with E-state index in [1.165, 1.54) is 25.7 Å². The largest absolute Gasteiger partial charge is 0.466 e. The number of nitrogens with zero attached hydrogens (tertiary/aromatic N) is 1. The summed E-state index contributed by atoms with van der Waals surface area (Å²) in [6.07, 6.45) is 3.41. The van der Waals surface area contributed by atoms with E-state index in [1.54, 1.807) is 12.1 Å². The van der Waals surface area contributed by atoms with Gasteiger partial charge < -0.3 is 15.4 Å². The summed E-state index contributed by atoms with van der Waals surface area (Å²) in [5.41, 5.74) is 1.54. The Kier molecular flexibility index (Phi) is 5.33. The monoisotopic (exact) mass is 347 g/mol. The predicted molar refractivity (Wildman–Crippen MR) is 90.1 cm³/mol. The maximum absolute atomic E-state index is 13.2. The van der Waals surface area contributed by atoms with Crippen LogP contribution in [0.5, 0.6) is 0 Å². The maximum atomic E-state index is 13.2. The minimum atomic E-state index is -0.665. The molecule has 0 aliphatic carbocycles. The highest BCUT2D eigenvalue weighted by Crippen LogP contribution is 2.28. The minimum absolute atomic E-state index is 0.360. The Morgan fingerprint density at radius 1 is 1.24 bits per heavy atom. The van der Waals surface area contributed by atoms with E-state index in [9.17, 15) is 14.0 Å². The number of carbonyl (C=O) groups is 2. The highest BCUT2D eigenvalue weighted by molar-refractivity contribution is 5.95. The van der Waals surface area contributed by atoms with Crippen LogP contribution in [0.15, 0.2) is 35.5 Å². The number of esters is 1. The number of halogens is 1. The fraction of sp³-hybridized carbons (Fsp3) is 0.444. The fourth-order valence-corrected chi connectivity index (χ4v) is 3.34. The van der Waals surface area contributed by atoms with E-state index < -0.39 is 12.0 Å². The lowest BCUT2D eigenvalue weighted by molar-refractivity contribution is -0.136. The van der Waals surface area contributed by atoms with Crippen LogP contribution in [0.4, 0.5) is 9.18 Å². The Hall–Kier alpha value is -2.41. The summed E-state index contributed by atoms with van der Waals surface area (Å²) < 4.78 is 18.2. The van der Waals surface area contributed by atoms with Gasteiger partial charge in [-0.3, -0.25) is 4.90 Å². The number of likely N-dealkylation sites (tertiary alicyclic amines) is 1. The van der Waals surface area contributed by atoms with Crippen LogP contribution < -0.4 is 10.6 Å². The fourth-order valence-electron chi connectivity index (χ4n) is 3.34. The summed E-state index contributed by atoms with van der Waals surface area (Å²) in [5.74, 6) is -0.880. The highest BCUT2D eigenvalue weighted by Gasteiger charge is 2.34. The molecular weight excluding hydrogens is 325 g/mol. The van der Waals surface area contributed by atoms with Crippen molar-refractivity contribution in [3.05, 3.63) is 46.9 Å². The SMILES string of the molecule is COC(=O)C1=C(CN2CCCCC2)NC(=O)N[C@@H]1c1ccc(F)cc1. The van der Waals surface area contributed by atoms with E-state index in [1.807, 2.05) is 0 Å². The first-order chi connectivity index (χ1) is 12.1. The van der Waals surface area contributed by atoms with Crippen LogP contribution in [-0.2, 0) is 9.53 Å². The van der Waals surface area contributed by atoms with Gasteiger partial charge in [-0.15, -0.1) is 0 Å². The Morgan fingerprint density at radius 2 is 1.92 bits per heavy atom. The molecule has 0 spiro atoms. The molecule has 134 valence electrons. The van der Waals surface area contributed by atoms with E-state index in [2.05, 4.69) is 15.5 Å². The zero-order chi connectivity index (χ0) is 17.8. The Labute approximate surface area is 146 Å². The summed E-state index contributed by atoms with van der Waals surface area (Å²) in [6, 6.07) is 4.70. The van der Waals surface area contributed by atoms with Crippen molar-refractivity contribution in [2.45, 2.75) is 25.3 Å². The molecule has 1 atom stereocenters. The molecule has 1 saturated heterocycles. The number of hydrogen-bond acceptors (Lipinski definition) is 4. The van der Waals surface area contributed by atoms with Crippen LogP contribution in [0.2, 0.25) is 0 Å². The molecule has 2 aliphatic heterocycles. The summed E-state index contributed by atoms with van der Waals surface area (Å²) in [4.78, 5) is 26.8. The number of hydrogen-bond donors (Lipinski definition) is 2. The number of piperidine rings is 1. The van der Waals surface area contributed by atoms with Gasteiger partial charge >= 0.3 is 12.0 Å². The van der Waals surface area contributed by atoms with Gasteiger partial charge in [0.2, 0.25) is 0 Å². The number of benzene rings is 1. The van der Waals surface area contributed by atoms with E-state index in [0.29, 0.717) is 23.4 Å². The van der Waals surface area contributed by atoms with Crippen molar-refractivity contribution in [1.82, 2.24) is 15.5 Å². The first-order valence-corrected chi connectivity index (χ1v) is 8.45. The summed E-state index contributed by atoms with van der Waals surface area (Å²) in [7, 11) is 1.31. The van der Waals surface area contributed by atoms with Crippen molar-refractivity contribution in [2.24, 2.45) is 0 Å². The number of methoxy groups -OCH3 is 1. The molecule has 0 aromatic heterocycles. The Bertz CT molecular complexity index is 681. The third kappa shape index (κ3) is 3.99. The first-order valence-electron chi connectivity index (χ1n) is 8.45. The van der Waals surface area contributed by atoms with Crippen molar-refractivity contribution in [3.63, 3.8) is 0 Å². The molecule has 25 heavy (non-hydrogen) atoms. The van der Waals surface area contributed by atoms with E-state index in [-0.39, 0.29) is 11.8 Å². The quantitative estimate of drug-likeness (QED) is 0.819. The topological polar surface area (TPSA) is 70.7 Å². The van der Waals surface area contributed by atoms with E-state index in [0.717, 1.165) is 25.9 Å². The third-order valence-electron chi connectivity index (χ3n) is 4.59. The number of amides is 2. The van der Waals surface area contributed by atoms with Crippen molar-refractivity contribution in [1.29, 1.82) is 0 Å². The molecule has 0 radical (unpaired) electrons. The third-order valence-corrected chi connectivity index (χ3v) is 4.59. The second-order valence-electron chi connectivity index (χ2n) is 6.30. The van der Waals surface area contributed by atoms with Gasteiger partial charge in [0.15, 0.2) is 0 Å². The number of urea groups is 1. The normalized spacial score (nSPS) is 21.5. The van der Waals surface area contributed by atoms with Gasteiger partial charge in [-0.2, -0.15) is 0 Å². The molecule has 0 saturated carbocycles. The van der Waals surface area contributed by atoms with Crippen molar-refractivity contribution in [3.8, 4) is 0 Å². The molecule has 2 N–H and O–H groups in total. The smallest absolute Gasteiger partial charge is 0.338 e. The number of ether oxygens (including phenoxy) is 1. The molecule has 0 bridgehead atoms. The molecule has 3 rings (SSSR count). The molecule has 2 heterocycles. The van der Waals surface area contributed by atoms with Crippen LogP contribution >= 0.6 is 0 Å². The Morgan fingerprint density at radius 3 is 2.56 bits per heavy atom. The van der Waals surface area contributed by atoms with Gasteiger partial charge in [0.25, 0.3) is 0 Å². The van der Waals surface area contributed by atoms with Gasteiger partial charge in [0.05, 0.1) is 18.7 Å². The van der Waals surface area contributed by atoms with Gasteiger partial charge in [-0.1, -0.05) is 18.6 Å². The first kappa shape index (κ1) is 17.4. The minimum Gasteiger partial charge on any atom is -0.466 e. The number of carbonyl (C=O) groups excluding carboxylic acids is 2. The lowest BCUT2D eigenvalue weighted by Crippen LogP contribution is -2.48. The number of nitrogens with one attached hydrogen (secondary N) is 2. The maximum Gasteiger partial charge on any atom is 0.338 e. The molecule has 0 unspecified atom stereocenters. The average molecular weight is 347 g/mol. The summed E-state index contributed by atoms with van der Waals surface area (Å²) in [6.45, 7) is 2.35. The standard InChI is InChI=1S/C18H22FN3O3/c1-25-17(23)15-14(11-22-9-3-2-4-10-22)20-18(24)21-16(15)12-5-7-13(19)8-6-12/h5-8,16H,2-4,9-11H2,1H3,(H2,20,21,24)/t16-/m1/s1. The molecule has 1 aromatic rings. The lowest BCUT2D eigenvalue weighted by Gasteiger charge is -2.33. The molecule has 2 amide bonds. The van der Waals surface area contributed by atoms with Gasteiger partial charge in [0, 0.05) is 12.2 Å². The highest BCUT2D eigenvalue weighted by atomic mass is 19.1. The molecule has 7 heteroatoms. The summed E-state index contributed by atoms with van der Waals surface area (Å²) in [5, 5.41) is 5.49. The van der Waals surface area contributed by atoms with Crippen molar-refractivity contribution >= 4 is 12.0 Å². The van der Waals surface area contributed by atoms with Gasteiger partial charge in [-0.05, 0) is 43.6 Å². The van der Waals surface area contributed by atoms with E-state index >= 15 is 0 Å². The molecular formula is C18H22FN3O3. The van der Waals surface area contributed by atoms with Crippen LogP contribution in [0.1, 0.15) is 30.9 Å². The van der Waals surface area contributed by atoms with Crippen LogP contribution in [0, 0.1) is 5.82 Å². The van der Waals surface area contributed by atoms with Crippen molar-refractivity contribution in [2.75, 3.05) is 26.7 Å². The van der Waals surface area contributed by atoms with Crippen molar-refractivity contribution < 1.29 is 18.7 Å². The molecule has 1 fully saturated rings. The van der Waals surface area contributed by atoms with Crippen LogP contribution in [0.3, 0.4) is 0 Å². The van der Waals surface area contributed by atoms with Crippen LogP contribution in [-0.4, -0.2) is 43.6 Å². The van der Waals surface area contributed by atoms with Gasteiger partial charge in [0.1, 0.15) is 5.82 Å². The molecule has 1 aromatic carbocycles. The van der Waals surface area contributed by atoms with Gasteiger partial charge in [-0.25, -0.2) is 14.0 Å². The zero-order valence-electron chi connectivity index (χ0n) is 14.2. The predicted octanol–water partition coefficient (Wildman–Crippen LogP) is 2.09. The average Bonchev–Trinajstić information content (AvgIpc) is 2.62. The molecule has 2 aliphatic rings. The molecule has 6 nitrogen and oxygen atoms in total. The zero-order valence-corrected chi connectivity index (χ0v) is 14.2.